The number of anilines is 1. The maximum atomic E-state index is 12.0. The molecule has 2 aromatic heterocycles. The molecule has 0 amide bonds. The smallest absolute Gasteiger partial charge is 0.309 e. The normalized spacial score (nSPS) is 15.3. The van der Waals surface area contributed by atoms with Gasteiger partial charge in [0.1, 0.15) is 5.82 Å². The molecule has 3 aromatic rings. The van der Waals surface area contributed by atoms with E-state index in [4.69, 9.17) is 26.3 Å². The number of fused-ring (bicyclic) bond motifs is 1. The largest absolute Gasteiger partial charge is 0.466 e. The Balaban J connectivity index is 1.67. The van der Waals surface area contributed by atoms with Crippen molar-refractivity contribution in [3.8, 4) is 10.7 Å². The lowest BCUT2D eigenvalue weighted by Crippen LogP contribution is -2.37. The number of esters is 1. The number of thiophene rings is 1. The molecule has 7 heteroatoms. The standard InChI is InChI=1S/C20H20ClN3O2S/c1-2-26-20(25)13-7-10-24(11-8-13)19-14-5-3-4-6-16(14)22-18(23-19)17-15(21)9-12-27-17/h3-6,9,12-13H,2,7-8,10-11H2,1H3. The summed E-state index contributed by atoms with van der Waals surface area (Å²) in [4.78, 5) is 24.7. The second-order valence-electron chi connectivity index (χ2n) is 6.50. The fraction of sp³-hybridized carbons (Fsp3) is 0.350. The second kappa shape index (κ2) is 7.82. The Morgan fingerprint density at radius 2 is 2.04 bits per heavy atom. The van der Waals surface area contributed by atoms with Crippen molar-refractivity contribution in [3.63, 3.8) is 0 Å². The van der Waals surface area contributed by atoms with E-state index in [-0.39, 0.29) is 11.9 Å². The summed E-state index contributed by atoms with van der Waals surface area (Å²) in [6.45, 7) is 3.81. The zero-order valence-corrected chi connectivity index (χ0v) is 16.6. The van der Waals surface area contributed by atoms with Crippen molar-refractivity contribution in [2.24, 2.45) is 5.92 Å². The van der Waals surface area contributed by atoms with Gasteiger partial charge in [-0.05, 0) is 43.3 Å². The molecular weight excluding hydrogens is 382 g/mol. The van der Waals surface area contributed by atoms with Crippen molar-refractivity contribution in [1.82, 2.24) is 9.97 Å². The van der Waals surface area contributed by atoms with Crippen molar-refractivity contribution in [2.75, 3.05) is 24.6 Å². The number of carbonyl (C=O) groups excluding carboxylic acids is 1. The maximum Gasteiger partial charge on any atom is 0.309 e. The number of rotatable bonds is 4. The summed E-state index contributed by atoms with van der Waals surface area (Å²) >= 11 is 7.85. The fourth-order valence-electron chi connectivity index (χ4n) is 3.44. The van der Waals surface area contributed by atoms with Gasteiger partial charge in [0.25, 0.3) is 0 Å². The fourth-order valence-corrected chi connectivity index (χ4v) is 4.52. The maximum absolute atomic E-state index is 12.0. The molecule has 4 rings (SSSR count). The molecule has 3 heterocycles. The van der Waals surface area contributed by atoms with E-state index < -0.39 is 0 Å². The number of halogens is 1. The van der Waals surface area contributed by atoms with Gasteiger partial charge in [-0.1, -0.05) is 23.7 Å². The quantitative estimate of drug-likeness (QED) is 0.588. The van der Waals surface area contributed by atoms with Gasteiger partial charge >= 0.3 is 5.97 Å². The predicted octanol–water partition coefficient (Wildman–Crippen LogP) is 4.79. The summed E-state index contributed by atoms with van der Waals surface area (Å²) in [7, 11) is 0. The number of hydrogen-bond donors (Lipinski definition) is 0. The molecule has 0 N–H and O–H groups in total. The van der Waals surface area contributed by atoms with Crippen LogP contribution < -0.4 is 4.90 Å². The summed E-state index contributed by atoms with van der Waals surface area (Å²) in [6.07, 6.45) is 1.54. The molecule has 1 aromatic carbocycles. The van der Waals surface area contributed by atoms with Crippen LogP contribution in [0.25, 0.3) is 21.6 Å². The van der Waals surface area contributed by atoms with Crippen LogP contribution in [0, 0.1) is 5.92 Å². The molecule has 0 bridgehead atoms. The minimum Gasteiger partial charge on any atom is -0.466 e. The molecule has 27 heavy (non-hydrogen) atoms. The van der Waals surface area contributed by atoms with Gasteiger partial charge in [-0.25, -0.2) is 9.97 Å². The summed E-state index contributed by atoms with van der Waals surface area (Å²) in [6, 6.07) is 9.88. The lowest BCUT2D eigenvalue weighted by molar-refractivity contribution is -0.148. The number of hydrogen-bond acceptors (Lipinski definition) is 6. The van der Waals surface area contributed by atoms with Gasteiger partial charge in [-0.15, -0.1) is 11.3 Å². The second-order valence-corrected chi connectivity index (χ2v) is 7.82. The third-order valence-electron chi connectivity index (χ3n) is 4.82. The number of piperidine rings is 1. The highest BCUT2D eigenvalue weighted by Gasteiger charge is 2.28. The number of para-hydroxylation sites is 1. The van der Waals surface area contributed by atoms with Gasteiger partial charge < -0.3 is 9.64 Å². The van der Waals surface area contributed by atoms with Crippen molar-refractivity contribution >= 4 is 45.6 Å². The number of carbonyl (C=O) groups is 1. The molecule has 0 atom stereocenters. The van der Waals surface area contributed by atoms with E-state index in [0.717, 1.165) is 47.5 Å². The number of aromatic nitrogens is 2. The topological polar surface area (TPSA) is 55.3 Å². The van der Waals surface area contributed by atoms with Crippen LogP contribution in [0.1, 0.15) is 19.8 Å². The van der Waals surface area contributed by atoms with E-state index in [0.29, 0.717) is 17.5 Å². The first-order chi connectivity index (χ1) is 13.2. The first kappa shape index (κ1) is 18.2. The van der Waals surface area contributed by atoms with Gasteiger partial charge in [-0.3, -0.25) is 4.79 Å². The zero-order valence-electron chi connectivity index (χ0n) is 15.0. The van der Waals surface area contributed by atoms with Crippen molar-refractivity contribution < 1.29 is 9.53 Å². The third kappa shape index (κ3) is 3.64. The SMILES string of the molecule is CCOC(=O)C1CCN(c2nc(-c3sccc3Cl)nc3ccccc23)CC1. The molecule has 0 aliphatic carbocycles. The van der Waals surface area contributed by atoms with Crippen LogP contribution in [0.4, 0.5) is 5.82 Å². The Bertz CT molecular complexity index is 967. The van der Waals surface area contributed by atoms with Crippen LogP contribution in [0.15, 0.2) is 35.7 Å². The molecule has 0 radical (unpaired) electrons. The van der Waals surface area contributed by atoms with E-state index in [1.165, 1.54) is 11.3 Å². The molecule has 1 aliphatic rings. The molecule has 0 saturated carbocycles. The predicted molar refractivity (Wildman–Crippen MR) is 109 cm³/mol. The summed E-state index contributed by atoms with van der Waals surface area (Å²) in [5.41, 5.74) is 0.898. The molecule has 5 nitrogen and oxygen atoms in total. The molecule has 0 spiro atoms. The molecule has 1 fully saturated rings. The van der Waals surface area contributed by atoms with E-state index in [2.05, 4.69) is 4.90 Å². The highest BCUT2D eigenvalue weighted by molar-refractivity contribution is 7.14. The lowest BCUT2D eigenvalue weighted by atomic mass is 9.97. The van der Waals surface area contributed by atoms with Crippen molar-refractivity contribution in [3.05, 3.63) is 40.7 Å². The zero-order chi connectivity index (χ0) is 18.8. The van der Waals surface area contributed by atoms with E-state index in [1.54, 1.807) is 0 Å². The van der Waals surface area contributed by atoms with Crippen molar-refractivity contribution in [1.29, 1.82) is 0 Å². The summed E-state index contributed by atoms with van der Waals surface area (Å²) < 4.78 is 5.18. The Morgan fingerprint density at radius 1 is 1.26 bits per heavy atom. The summed E-state index contributed by atoms with van der Waals surface area (Å²) in [5, 5.41) is 3.63. The van der Waals surface area contributed by atoms with E-state index >= 15 is 0 Å². The van der Waals surface area contributed by atoms with Crippen molar-refractivity contribution in [2.45, 2.75) is 19.8 Å². The summed E-state index contributed by atoms with van der Waals surface area (Å²) in [5.74, 6) is 1.44. The highest BCUT2D eigenvalue weighted by Crippen LogP contribution is 2.35. The average Bonchev–Trinajstić information content (AvgIpc) is 3.13. The van der Waals surface area contributed by atoms with E-state index in [1.807, 2.05) is 42.6 Å². The molecule has 140 valence electrons. The minimum absolute atomic E-state index is 0.0273. The van der Waals surface area contributed by atoms with Gasteiger partial charge in [0, 0.05) is 18.5 Å². The number of nitrogens with zero attached hydrogens (tertiary/aromatic N) is 3. The van der Waals surface area contributed by atoms with Crippen LogP contribution in [-0.4, -0.2) is 35.6 Å². The Morgan fingerprint density at radius 3 is 2.74 bits per heavy atom. The first-order valence-corrected chi connectivity index (χ1v) is 10.3. The van der Waals surface area contributed by atoms with Crippen LogP contribution in [0.5, 0.6) is 0 Å². The minimum atomic E-state index is -0.0873. The Kier molecular flexibility index (Phi) is 5.27. The first-order valence-electron chi connectivity index (χ1n) is 9.09. The van der Waals surface area contributed by atoms with Crippen LogP contribution >= 0.6 is 22.9 Å². The van der Waals surface area contributed by atoms with E-state index in [9.17, 15) is 4.79 Å². The molecule has 1 saturated heterocycles. The van der Waals surface area contributed by atoms with Crippen LogP contribution in [0.3, 0.4) is 0 Å². The molecule has 1 aliphatic heterocycles. The number of ether oxygens (including phenoxy) is 1. The van der Waals surface area contributed by atoms with Gasteiger partial charge in [0.2, 0.25) is 0 Å². The van der Waals surface area contributed by atoms with Gasteiger partial charge in [-0.2, -0.15) is 0 Å². The van der Waals surface area contributed by atoms with Gasteiger partial charge in [0.15, 0.2) is 5.82 Å². The number of benzene rings is 1. The molecule has 0 unspecified atom stereocenters. The van der Waals surface area contributed by atoms with Crippen LogP contribution in [-0.2, 0) is 9.53 Å². The monoisotopic (exact) mass is 401 g/mol. The highest BCUT2D eigenvalue weighted by atomic mass is 35.5. The third-order valence-corrected chi connectivity index (χ3v) is 6.16. The Hall–Kier alpha value is -2.18. The Labute approximate surface area is 167 Å². The van der Waals surface area contributed by atoms with Gasteiger partial charge in [0.05, 0.1) is 27.9 Å². The molecular formula is C20H20ClN3O2S. The lowest BCUT2D eigenvalue weighted by Gasteiger charge is -2.32. The average molecular weight is 402 g/mol. The van der Waals surface area contributed by atoms with Crippen LogP contribution in [0.2, 0.25) is 5.02 Å².